The summed E-state index contributed by atoms with van der Waals surface area (Å²) in [5.41, 5.74) is 0.630. The molecular formula is C24H25FN2O4S. The van der Waals surface area contributed by atoms with Crippen molar-refractivity contribution in [2.75, 3.05) is 17.5 Å². The highest BCUT2D eigenvalue weighted by Gasteiger charge is 2.29. The zero-order valence-corrected chi connectivity index (χ0v) is 18.7. The zero-order chi connectivity index (χ0) is 23.1. The van der Waals surface area contributed by atoms with Gasteiger partial charge in [0.1, 0.15) is 18.1 Å². The maximum absolute atomic E-state index is 14.5. The number of benzene rings is 3. The molecule has 0 saturated carbocycles. The second-order valence-corrected chi connectivity index (χ2v) is 8.93. The average Bonchev–Trinajstić information content (AvgIpc) is 2.79. The van der Waals surface area contributed by atoms with E-state index >= 15 is 0 Å². The number of carbonyl (C=O) groups excluding carboxylic acids is 1. The number of nitrogens with one attached hydrogen (secondary N) is 1. The minimum Gasteiger partial charge on any atom is -0.494 e. The molecule has 0 bridgehead atoms. The second-order valence-electron chi connectivity index (χ2n) is 7.07. The SMILES string of the molecule is CCOc1ccc(C(C)NC(=O)CN(c2ccccc2F)S(=O)(=O)c2ccccc2)cc1. The summed E-state index contributed by atoms with van der Waals surface area (Å²) in [6, 6.07) is 20.0. The van der Waals surface area contributed by atoms with E-state index in [4.69, 9.17) is 4.74 Å². The summed E-state index contributed by atoms with van der Waals surface area (Å²) in [5, 5.41) is 2.78. The van der Waals surface area contributed by atoms with Crippen LogP contribution in [-0.4, -0.2) is 27.5 Å². The van der Waals surface area contributed by atoms with E-state index in [1.807, 2.05) is 19.1 Å². The van der Waals surface area contributed by atoms with Gasteiger partial charge in [-0.3, -0.25) is 9.10 Å². The lowest BCUT2D eigenvalue weighted by molar-refractivity contribution is -0.120. The number of ether oxygens (including phenoxy) is 1. The largest absolute Gasteiger partial charge is 0.494 e. The van der Waals surface area contributed by atoms with Gasteiger partial charge in [-0.25, -0.2) is 12.8 Å². The minimum atomic E-state index is -4.17. The van der Waals surface area contributed by atoms with Gasteiger partial charge in [0.2, 0.25) is 5.91 Å². The average molecular weight is 457 g/mol. The van der Waals surface area contributed by atoms with Crippen molar-refractivity contribution in [2.45, 2.75) is 24.8 Å². The Morgan fingerprint density at radius 3 is 2.25 bits per heavy atom. The third kappa shape index (κ3) is 5.45. The molecule has 1 unspecified atom stereocenters. The van der Waals surface area contributed by atoms with Gasteiger partial charge < -0.3 is 10.1 Å². The lowest BCUT2D eigenvalue weighted by atomic mass is 10.1. The molecule has 0 heterocycles. The van der Waals surface area contributed by atoms with Crippen molar-refractivity contribution >= 4 is 21.6 Å². The Morgan fingerprint density at radius 1 is 1.00 bits per heavy atom. The molecule has 0 spiro atoms. The molecule has 6 nitrogen and oxygen atoms in total. The summed E-state index contributed by atoms with van der Waals surface area (Å²) in [6.45, 7) is 3.65. The summed E-state index contributed by atoms with van der Waals surface area (Å²) in [4.78, 5) is 12.8. The molecule has 0 aliphatic heterocycles. The van der Waals surface area contributed by atoms with Gasteiger partial charge in [-0.2, -0.15) is 0 Å². The normalized spacial score (nSPS) is 12.1. The van der Waals surface area contributed by atoms with Crippen molar-refractivity contribution in [3.05, 3.63) is 90.2 Å². The third-order valence-corrected chi connectivity index (χ3v) is 6.58. The maximum atomic E-state index is 14.5. The molecule has 168 valence electrons. The molecule has 0 aliphatic rings. The van der Waals surface area contributed by atoms with E-state index in [-0.39, 0.29) is 16.6 Å². The first-order chi connectivity index (χ1) is 15.3. The molecule has 0 aromatic heterocycles. The van der Waals surface area contributed by atoms with Crippen LogP contribution in [-0.2, 0) is 14.8 Å². The van der Waals surface area contributed by atoms with Crippen LogP contribution in [0.25, 0.3) is 0 Å². The first kappa shape index (κ1) is 23.3. The molecule has 3 aromatic rings. The maximum Gasteiger partial charge on any atom is 0.264 e. The molecule has 0 fully saturated rings. The van der Waals surface area contributed by atoms with Crippen LogP contribution in [0.5, 0.6) is 5.75 Å². The molecule has 3 rings (SSSR count). The zero-order valence-electron chi connectivity index (χ0n) is 17.9. The number of sulfonamides is 1. The number of hydrogen-bond acceptors (Lipinski definition) is 4. The lowest BCUT2D eigenvalue weighted by Gasteiger charge is -2.25. The predicted molar refractivity (Wildman–Crippen MR) is 122 cm³/mol. The summed E-state index contributed by atoms with van der Waals surface area (Å²) < 4.78 is 47.2. The van der Waals surface area contributed by atoms with Crippen molar-refractivity contribution in [2.24, 2.45) is 0 Å². The minimum absolute atomic E-state index is 0.0318. The smallest absolute Gasteiger partial charge is 0.264 e. The third-order valence-electron chi connectivity index (χ3n) is 4.81. The molecule has 3 aromatic carbocycles. The highest BCUT2D eigenvalue weighted by molar-refractivity contribution is 7.92. The Bertz CT molecular complexity index is 1150. The van der Waals surface area contributed by atoms with Crippen LogP contribution >= 0.6 is 0 Å². The number of rotatable bonds is 9. The molecule has 1 atom stereocenters. The molecule has 0 aliphatic carbocycles. The number of nitrogens with zero attached hydrogens (tertiary/aromatic N) is 1. The van der Waals surface area contributed by atoms with Gasteiger partial charge in [-0.05, 0) is 55.8 Å². The number of para-hydroxylation sites is 1. The van der Waals surface area contributed by atoms with Crippen molar-refractivity contribution in [3.63, 3.8) is 0 Å². The van der Waals surface area contributed by atoms with Gasteiger partial charge >= 0.3 is 0 Å². The highest BCUT2D eigenvalue weighted by atomic mass is 32.2. The standard InChI is InChI=1S/C24H25FN2O4S/c1-3-31-20-15-13-19(14-16-20)18(2)26-24(28)17-27(23-12-8-7-11-22(23)25)32(29,30)21-9-5-4-6-10-21/h4-16,18H,3,17H2,1-2H3,(H,26,28). The van der Waals surface area contributed by atoms with E-state index in [1.165, 1.54) is 30.3 Å². The summed E-state index contributed by atoms with van der Waals surface area (Å²) >= 11 is 0. The lowest BCUT2D eigenvalue weighted by Crippen LogP contribution is -2.42. The Kier molecular flexibility index (Phi) is 7.48. The monoisotopic (exact) mass is 456 g/mol. The molecule has 32 heavy (non-hydrogen) atoms. The number of amides is 1. The molecule has 8 heteroatoms. The van der Waals surface area contributed by atoms with Gasteiger partial charge in [0, 0.05) is 0 Å². The number of halogens is 1. The van der Waals surface area contributed by atoms with Crippen LogP contribution in [0.3, 0.4) is 0 Å². The first-order valence-electron chi connectivity index (χ1n) is 10.2. The van der Waals surface area contributed by atoms with Gasteiger partial charge in [0.25, 0.3) is 10.0 Å². The summed E-state index contributed by atoms with van der Waals surface area (Å²) in [5.74, 6) is -0.581. The van der Waals surface area contributed by atoms with Crippen LogP contribution in [0.15, 0.2) is 83.8 Å². The Balaban J connectivity index is 1.83. The summed E-state index contributed by atoms with van der Waals surface area (Å²) in [7, 11) is -4.17. The van der Waals surface area contributed by atoms with Crippen LogP contribution in [0.4, 0.5) is 10.1 Å². The van der Waals surface area contributed by atoms with Gasteiger partial charge in [-0.15, -0.1) is 0 Å². The first-order valence-corrected chi connectivity index (χ1v) is 11.6. The molecule has 0 saturated heterocycles. The number of carbonyl (C=O) groups is 1. The van der Waals surface area contributed by atoms with Crippen LogP contribution in [0.1, 0.15) is 25.5 Å². The van der Waals surface area contributed by atoms with Crippen LogP contribution in [0.2, 0.25) is 0 Å². The van der Waals surface area contributed by atoms with E-state index in [0.29, 0.717) is 6.61 Å². The van der Waals surface area contributed by atoms with Crippen molar-refractivity contribution in [3.8, 4) is 5.75 Å². The van der Waals surface area contributed by atoms with Gasteiger partial charge in [0.15, 0.2) is 0 Å². The van der Waals surface area contributed by atoms with Gasteiger partial charge in [0.05, 0.1) is 23.2 Å². The molecule has 1 amide bonds. The quantitative estimate of drug-likeness (QED) is 0.521. The predicted octanol–water partition coefficient (Wildman–Crippen LogP) is 4.30. The van der Waals surface area contributed by atoms with E-state index in [9.17, 15) is 17.6 Å². The fourth-order valence-corrected chi connectivity index (χ4v) is 4.64. The molecule has 0 radical (unpaired) electrons. The Hall–Kier alpha value is -3.39. The fourth-order valence-electron chi connectivity index (χ4n) is 3.19. The van der Waals surface area contributed by atoms with E-state index in [2.05, 4.69) is 5.32 Å². The van der Waals surface area contributed by atoms with Crippen molar-refractivity contribution in [1.29, 1.82) is 0 Å². The second kappa shape index (κ2) is 10.3. The highest BCUT2D eigenvalue weighted by Crippen LogP contribution is 2.26. The van der Waals surface area contributed by atoms with Crippen molar-refractivity contribution in [1.82, 2.24) is 5.32 Å². The summed E-state index contributed by atoms with van der Waals surface area (Å²) in [6.07, 6.45) is 0. The molecular weight excluding hydrogens is 431 g/mol. The topological polar surface area (TPSA) is 75.7 Å². The van der Waals surface area contributed by atoms with Gasteiger partial charge in [-0.1, -0.05) is 42.5 Å². The Labute approximate surface area is 187 Å². The number of hydrogen-bond donors (Lipinski definition) is 1. The molecule has 1 N–H and O–H groups in total. The van der Waals surface area contributed by atoms with E-state index in [0.717, 1.165) is 21.7 Å². The van der Waals surface area contributed by atoms with E-state index < -0.39 is 28.3 Å². The fraction of sp³-hybridized carbons (Fsp3) is 0.208. The van der Waals surface area contributed by atoms with Crippen LogP contribution in [0, 0.1) is 5.82 Å². The number of anilines is 1. The Morgan fingerprint density at radius 2 is 1.62 bits per heavy atom. The van der Waals surface area contributed by atoms with Crippen molar-refractivity contribution < 1.29 is 22.3 Å². The van der Waals surface area contributed by atoms with E-state index in [1.54, 1.807) is 37.3 Å². The van der Waals surface area contributed by atoms with Crippen LogP contribution < -0.4 is 14.4 Å².